The summed E-state index contributed by atoms with van der Waals surface area (Å²) in [5.74, 6) is 0.963. The summed E-state index contributed by atoms with van der Waals surface area (Å²) in [6.07, 6.45) is 0.850. The Morgan fingerprint density at radius 3 is 2.50 bits per heavy atom. The van der Waals surface area contributed by atoms with Crippen LogP contribution in [-0.2, 0) is 20.9 Å². The number of piperidine rings is 1. The van der Waals surface area contributed by atoms with Gasteiger partial charge in [-0.15, -0.1) is 0 Å². The number of hydrogen-bond acceptors (Lipinski definition) is 5. The Hall–Kier alpha value is -3.06. The third kappa shape index (κ3) is 5.40. The number of benzene rings is 2. The fraction of sp³-hybridized carbons (Fsp3) is 0.440. The zero-order valence-electron chi connectivity index (χ0n) is 19.2. The molecule has 1 aliphatic rings. The second kappa shape index (κ2) is 11.0. The Morgan fingerprint density at radius 1 is 1.09 bits per heavy atom. The van der Waals surface area contributed by atoms with Crippen LogP contribution in [0.5, 0.6) is 11.5 Å². The van der Waals surface area contributed by atoms with Gasteiger partial charge in [0.2, 0.25) is 11.8 Å². The van der Waals surface area contributed by atoms with Crippen molar-refractivity contribution in [1.82, 2.24) is 10.2 Å². The summed E-state index contributed by atoms with van der Waals surface area (Å²) in [5, 5.41) is 3.05. The molecule has 172 valence electrons. The van der Waals surface area contributed by atoms with Crippen LogP contribution in [0.15, 0.2) is 42.5 Å². The van der Waals surface area contributed by atoms with Crippen LogP contribution in [0.1, 0.15) is 35.6 Å². The summed E-state index contributed by atoms with van der Waals surface area (Å²) in [5.41, 5.74) is 2.95. The first kappa shape index (κ1) is 23.6. The first-order valence-electron chi connectivity index (χ1n) is 10.8. The molecule has 0 aliphatic carbocycles. The van der Waals surface area contributed by atoms with E-state index in [1.807, 2.05) is 43.3 Å². The Bertz CT molecular complexity index is 928. The van der Waals surface area contributed by atoms with Crippen molar-refractivity contribution in [1.29, 1.82) is 0 Å². The van der Waals surface area contributed by atoms with Crippen LogP contribution in [0.3, 0.4) is 0 Å². The van der Waals surface area contributed by atoms with Gasteiger partial charge in [0.05, 0.1) is 32.8 Å². The number of carbonyl (C=O) groups is 2. The normalized spacial score (nSPS) is 18.4. The van der Waals surface area contributed by atoms with E-state index in [2.05, 4.69) is 5.32 Å². The lowest BCUT2D eigenvalue weighted by Crippen LogP contribution is -2.49. The summed E-state index contributed by atoms with van der Waals surface area (Å²) in [6, 6.07) is 13.2. The van der Waals surface area contributed by atoms with Gasteiger partial charge in [-0.25, -0.2) is 0 Å². The molecule has 2 unspecified atom stereocenters. The van der Waals surface area contributed by atoms with Crippen molar-refractivity contribution in [3.63, 3.8) is 0 Å². The first-order chi connectivity index (χ1) is 15.5. The quantitative estimate of drug-likeness (QED) is 0.648. The van der Waals surface area contributed by atoms with Gasteiger partial charge in [-0.2, -0.15) is 0 Å². The van der Waals surface area contributed by atoms with Crippen molar-refractivity contribution in [3.05, 3.63) is 59.2 Å². The monoisotopic (exact) mass is 440 g/mol. The van der Waals surface area contributed by atoms with Crippen molar-refractivity contribution in [2.45, 2.75) is 32.4 Å². The minimum Gasteiger partial charge on any atom is -0.497 e. The van der Waals surface area contributed by atoms with E-state index in [0.717, 1.165) is 16.7 Å². The predicted molar refractivity (Wildman–Crippen MR) is 122 cm³/mol. The van der Waals surface area contributed by atoms with E-state index in [1.54, 1.807) is 32.3 Å². The molecule has 0 radical (unpaired) electrons. The molecule has 1 saturated heterocycles. The van der Waals surface area contributed by atoms with Crippen molar-refractivity contribution in [3.8, 4) is 11.5 Å². The fourth-order valence-electron chi connectivity index (χ4n) is 4.17. The van der Waals surface area contributed by atoms with Gasteiger partial charge in [-0.3, -0.25) is 9.59 Å². The van der Waals surface area contributed by atoms with Gasteiger partial charge in [0.15, 0.2) is 0 Å². The van der Waals surface area contributed by atoms with Crippen LogP contribution in [0.2, 0.25) is 0 Å². The topological polar surface area (TPSA) is 77.1 Å². The molecule has 2 atom stereocenters. The summed E-state index contributed by atoms with van der Waals surface area (Å²) in [7, 11) is 4.80. The summed E-state index contributed by atoms with van der Waals surface area (Å²) in [6.45, 7) is 3.22. The number of rotatable bonds is 9. The minimum absolute atomic E-state index is 0.0495. The van der Waals surface area contributed by atoms with E-state index < -0.39 is 0 Å². The maximum Gasteiger partial charge on any atom is 0.225 e. The predicted octanol–water partition coefficient (Wildman–Crippen LogP) is 3.25. The van der Waals surface area contributed by atoms with Gasteiger partial charge in [-0.1, -0.05) is 29.8 Å². The van der Waals surface area contributed by atoms with E-state index in [0.29, 0.717) is 44.0 Å². The fourth-order valence-corrected chi connectivity index (χ4v) is 4.17. The lowest BCUT2D eigenvalue weighted by atomic mass is 9.83. The number of methoxy groups -OCH3 is 3. The van der Waals surface area contributed by atoms with Crippen molar-refractivity contribution < 1.29 is 23.8 Å². The van der Waals surface area contributed by atoms with Gasteiger partial charge in [-0.05, 0) is 31.0 Å². The molecule has 2 amide bonds. The molecule has 3 rings (SSSR count). The lowest BCUT2D eigenvalue weighted by molar-refractivity contribution is -0.144. The van der Waals surface area contributed by atoms with Crippen molar-refractivity contribution in [2.75, 3.05) is 34.5 Å². The number of likely N-dealkylation sites (tertiary alicyclic amines) is 1. The van der Waals surface area contributed by atoms with Gasteiger partial charge >= 0.3 is 0 Å². The van der Waals surface area contributed by atoms with Crippen LogP contribution >= 0.6 is 0 Å². The molecule has 0 bridgehead atoms. The lowest BCUT2D eigenvalue weighted by Gasteiger charge is -2.41. The van der Waals surface area contributed by atoms with Gasteiger partial charge < -0.3 is 24.4 Å². The highest BCUT2D eigenvalue weighted by molar-refractivity contribution is 5.85. The molecule has 0 aromatic heterocycles. The summed E-state index contributed by atoms with van der Waals surface area (Å²) < 4.78 is 15.9. The molecular weight excluding hydrogens is 408 g/mol. The summed E-state index contributed by atoms with van der Waals surface area (Å²) in [4.78, 5) is 27.9. The van der Waals surface area contributed by atoms with E-state index in [1.165, 1.54) is 0 Å². The molecule has 7 nitrogen and oxygen atoms in total. The molecule has 32 heavy (non-hydrogen) atoms. The SMILES string of the molecule is COCCN1C(=O)CCC(C(=O)NCc2ccc(OC)cc2OC)C1c1ccc(C)cc1. The largest absolute Gasteiger partial charge is 0.497 e. The second-order valence-corrected chi connectivity index (χ2v) is 7.98. The van der Waals surface area contributed by atoms with E-state index in [-0.39, 0.29) is 23.8 Å². The molecule has 2 aromatic carbocycles. The third-order valence-corrected chi connectivity index (χ3v) is 5.95. The average molecular weight is 441 g/mol. The Morgan fingerprint density at radius 2 is 1.84 bits per heavy atom. The molecule has 7 heteroatoms. The Kier molecular flexibility index (Phi) is 8.11. The second-order valence-electron chi connectivity index (χ2n) is 7.98. The van der Waals surface area contributed by atoms with Crippen LogP contribution in [0.4, 0.5) is 0 Å². The maximum atomic E-state index is 13.3. The van der Waals surface area contributed by atoms with Crippen LogP contribution < -0.4 is 14.8 Å². The van der Waals surface area contributed by atoms with Crippen molar-refractivity contribution in [2.24, 2.45) is 5.92 Å². The van der Waals surface area contributed by atoms with E-state index >= 15 is 0 Å². The number of ether oxygens (including phenoxy) is 3. The smallest absolute Gasteiger partial charge is 0.225 e. The Balaban J connectivity index is 1.82. The maximum absolute atomic E-state index is 13.3. The highest BCUT2D eigenvalue weighted by Crippen LogP contribution is 2.37. The van der Waals surface area contributed by atoms with Crippen LogP contribution in [-0.4, -0.2) is 51.2 Å². The number of nitrogens with one attached hydrogen (secondary N) is 1. The standard InChI is InChI=1S/C25H32N2O5/c1-17-5-7-18(8-6-17)24-21(11-12-23(28)27(24)13-14-30-2)25(29)26-16-19-9-10-20(31-3)15-22(19)32-4/h5-10,15,21,24H,11-14,16H2,1-4H3,(H,26,29). The highest BCUT2D eigenvalue weighted by Gasteiger charge is 2.40. The first-order valence-corrected chi connectivity index (χ1v) is 10.8. The van der Waals surface area contributed by atoms with Gasteiger partial charge in [0.1, 0.15) is 11.5 Å². The molecule has 1 heterocycles. The third-order valence-electron chi connectivity index (χ3n) is 5.95. The average Bonchev–Trinajstić information content (AvgIpc) is 2.82. The molecule has 2 aromatic rings. The zero-order chi connectivity index (χ0) is 23.1. The number of nitrogens with zero attached hydrogens (tertiary/aromatic N) is 1. The Labute approximate surface area is 189 Å². The molecule has 1 N–H and O–H groups in total. The molecule has 1 aliphatic heterocycles. The minimum atomic E-state index is -0.350. The molecule has 1 fully saturated rings. The number of hydrogen-bond donors (Lipinski definition) is 1. The van der Waals surface area contributed by atoms with Crippen LogP contribution in [0, 0.1) is 12.8 Å². The van der Waals surface area contributed by atoms with Crippen LogP contribution in [0.25, 0.3) is 0 Å². The number of carbonyl (C=O) groups excluding carboxylic acids is 2. The molecular formula is C25H32N2O5. The van der Waals surface area contributed by atoms with Gasteiger partial charge in [0.25, 0.3) is 0 Å². The number of aryl methyl sites for hydroxylation is 1. The molecule has 0 spiro atoms. The highest BCUT2D eigenvalue weighted by atomic mass is 16.5. The van der Waals surface area contributed by atoms with E-state index in [9.17, 15) is 9.59 Å². The zero-order valence-corrected chi connectivity index (χ0v) is 19.2. The molecule has 0 saturated carbocycles. The van der Waals surface area contributed by atoms with Crippen molar-refractivity contribution >= 4 is 11.8 Å². The van der Waals surface area contributed by atoms with Gasteiger partial charge in [0, 0.05) is 38.2 Å². The summed E-state index contributed by atoms with van der Waals surface area (Å²) >= 11 is 0. The number of amides is 2. The van der Waals surface area contributed by atoms with E-state index in [4.69, 9.17) is 14.2 Å².